The molecule has 0 aromatic heterocycles. The normalized spacial score (nSPS) is 17.2. The number of benzene rings is 4. The van der Waals surface area contributed by atoms with Crippen molar-refractivity contribution in [3.05, 3.63) is 131 Å². The van der Waals surface area contributed by atoms with Gasteiger partial charge >= 0.3 is 18.3 Å². The molecule has 4 atom stereocenters. The molecule has 65 heavy (non-hydrogen) atoms. The summed E-state index contributed by atoms with van der Waals surface area (Å²) in [5, 5.41) is 3.05. The van der Waals surface area contributed by atoms with E-state index in [1.54, 1.807) is 57.2 Å². The number of imide groups is 1. The summed E-state index contributed by atoms with van der Waals surface area (Å²) in [7, 11) is -2.51. The fourth-order valence-corrected chi connectivity index (χ4v) is 8.86. The van der Waals surface area contributed by atoms with Crippen molar-refractivity contribution in [3.63, 3.8) is 0 Å². The molecular formula is C49H59F3N4O8Si. The van der Waals surface area contributed by atoms with Gasteiger partial charge in [-0.3, -0.25) is 4.79 Å². The van der Waals surface area contributed by atoms with Crippen molar-refractivity contribution in [2.24, 2.45) is 5.92 Å². The maximum absolute atomic E-state index is 16.9. The minimum absolute atomic E-state index is 0.00841. The highest BCUT2D eigenvalue weighted by molar-refractivity contribution is 6.74. The quantitative estimate of drug-likeness (QED) is 0.130. The number of hydrogen-bond acceptors (Lipinski definition) is 9. The van der Waals surface area contributed by atoms with E-state index < -0.39 is 79.7 Å². The standard InChI is InChI=1S/C49H59F3N4O8Si/c1-48(2,3)63-46(59)55-28-26-54(27-29-55)45(58)62-37-22-23-38(40(52)30-37)43(53-36-20-18-35(51)19-21-36)39(44(57)56-41(31-61-47(56)60)32-12-10-9-11-13-32)24-25-42(33-14-16-34(50)17-15-33)64-65(7,8)49(4,5)6/h9-23,30,39,41-43,53H,24-29,31H2,1-8H3. The van der Waals surface area contributed by atoms with Crippen molar-refractivity contribution in [1.82, 2.24) is 14.7 Å². The van der Waals surface area contributed by atoms with Gasteiger partial charge in [-0.1, -0.05) is 69.3 Å². The number of amides is 4. The zero-order valence-corrected chi connectivity index (χ0v) is 39.2. The van der Waals surface area contributed by atoms with Gasteiger partial charge in [0.05, 0.1) is 18.1 Å². The van der Waals surface area contributed by atoms with E-state index in [1.807, 2.05) is 6.07 Å². The fourth-order valence-electron chi connectivity index (χ4n) is 7.54. The summed E-state index contributed by atoms with van der Waals surface area (Å²) >= 11 is 0. The zero-order valence-electron chi connectivity index (χ0n) is 38.2. The zero-order chi connectivity index (χ0) is 47.3. The van der Waals surface area contributed by atoms with E-state index >= 15 is 9.18 Å². The molecule has 2 heterocycles. The number of nitrogens with zero attached hydrogens (tertiary/aromatic N) is 3. The maximum Gasteiger partial charge on any atom is 0.417 e. The van der Waals surface area contributed by atoms with E-state index in [0.29, 0.717) is 16.8 Å². The van der Waals surface area contributed by atoms with Gasteiger partial charge in [0.25, 0.3) is 0 Å². The summed E-state index contributed by atoms with van der Waals surface area (Å²) in [5.74, 6) is -3.75. The Morgan fingerprint density at radius 3 is 1.94 bits per heavy atom. The van der Waals surface area contributed by atoms with Crippen molar-refractivity contribution in [2.75, 3.05) is 38.1 Å². The summed E-state index contributed by atoms with van der Waals surface area (Å²) in [6, 6.07) is 22.2. The van der Waals surface area contributed by atoms with E-state index in [2.05, 4.69) is 39.2 Å². The monoisotopic (exact) mass is 916 g/mol. The second kappa shape index (κ2) is 20.1. The number of hydrogen-bond donors (Lipinski definition) is 1. The second-order valence-electron chi connectivity index (χ2n) is 18.9. The molecule has 0 bridgehead atoms. The molecular weight excluding hydrogens is 858 g/mol. The Balaban J connectivity index is 1.36. The van der Waals surface area contributed by atoms with Crippen molar-refractivity contribution in [1.29, 1.82) is 0 Å². The van der Waals surface area contributed by atoms with E-state index in [-0.39, 0.29) is 62.0 Å². The van der Waals surface area contributed by atoms with Gasteiger partial charge in [-0.25, -0.2) is 32.5 Å². The number of ether oxygens (including phenoxy) is 3. The summed E-state index contributed by atoms with van der Waals surface area (Å²) in [6.45, 7) is 16.4. The van der Waals surface area contributed by atoms with Gasteiger partial charge in [-0.2, -0.15) is 0 Å². The minimum atomic E-state index is -2.51. The van der Waals surface area contributed by atoms with Crippen LogP contribution < -0.4 is 10.1 Å². The van der Waals surface area contributed by atoms with Crippen molar-refractivity contribution in [3.8, 4) is 5.75 Å². The van der Waals surface area contributed by atoms with Crippen molar-refractivity contribution < 1.29 is 51.0 Å². The lowest BCUT2D eigenvalue weighted by molar-refractivity contribution is -0.134. The van der Waals surface area contributed by atoms with Crippen LogP contribution in [0.3, 0.4) is 0 Å². The van der Waals surface area contributed by atoms with E-state index in [4.69, 9.17) is 18.6 Å². The number of piperazine rings is 1. The molecule has 0 spiro atoms. The van der Waals surface area contributed by atoms with Crippen LogP contribution in [0.4, 0.5) is 33.2 Å². The Hall–Kier alpha value is -5.87. The predicted molar refractivity (Wildman–Crippen MR) is 242 cm³/mol. The number of nitrogens with one attached hydrogen (secondary N) is 1. The first-order valence-corrected chi connectivity index (χ1v) is 24.8. The lowest BCUT2D eigenvalue weighted by Gasteiger charge is -2.40. The highest BCUT2D eigenvalue weighted by Gasteiger charge is 2.46. The van der Waals surface area contributed by atoms with Crippen molar-refractivity contribution in [2.45, 2.75) is 96.3 Å². The van der Waals surface area contributed by atoms with Crippen molar-refractivity contribution >= 4 is 38.2 Å². The lowest BCUT2D eigenvalue weighted by Crippen LogP contribution is -2.52. The molecule has 0 saturated carbocycles. The van der Waals surface area contributed by atoms with Crippen LogP contribution in [-0.2, 0) is 18.7 Å². The Bertz CT molecular complexity index is 2300. The molecule has 348 valence electrons. The van der Waals surface area contributed by atoms with Crippen LogP contribution in [-0.4, -0.2) is 85.6 Å². The van der Waals surface area contributed by atoms with Gasteiger partial charge in [0.2, 0.25) is 5.91 Å². The van der Waals surface area contributed by atoms with Crippen LogP contribution in [0, 0.1) is 23.4 Å². The lowest BCUT2D eigenvalue weighted by atomic mass is 9.85. The van der Waals surface area contributed by atoms with Crippen LogP contribution in [0.15, 0.2) is 97.1 Å². The minimum Gasteiger partial charge on any atom is -0.446 e. The molecule has 4 amide bonds. The van der Waals surface area contributed by atoms with Crippen LogP contribution in [0.25, 0.3) is 0 Å². The molecule has 2 saturated heterocycles. The van der Waals surface area contributed by atoms with Crippen LogP contribution in [0.1, 0.15) is 89.3 Å². The number of carbonyl (C=O) groups excluding carboxylic acids is 4. The average Bonchev–Trinajstić information content (AvgIpc) is 3.64. The third-order valence-corrected chi connectivity index (χ3v) is 16.6. The topological polar surface area (TPSA) is 127 Å². The van der Waals surface area contributed by atoms with Crippen LogP contribution in [0.5, 0.6) is 5.75 Å². The molecule has 0 radical (unpaired) electrons. The average molecular weight is 917 g/mol. The Labute approximate surface area is 380 Å². The Morgan fingerprint density at radius 2 is 1.37 bits per heavy atom. The molecule has 4 aromatic rings. The Kier molecular flexibility index (Phi) is 15.0. The van der Waals surface area contributed by atoms with Gasteiger partial charge in [0.15, 0.2) is 8.32 Å². The second-order valence-corrected chi connectivity index (χ2v) is 23.7. The first-order valence-electron chi connectivity index (χ1n) is 21.8. The van der Waals surface area contributed by atoms with E-state index in [0.717, 1.165) is 11.0 Å². The van der Waals surface area contributed by atoms with Gasteiger partial charge in [-0.15, -0.1) is 0 Å². The highest BCUT2D eigenvalue weighted by atomic mass is 28.4. The number of anilines is 1. The number of carbonyl (C=O) groups is 4. The van der Waals surface area contributed by atoms with Gasteiger partial charge in [0.1, 0.15) is 41.5 Å². The molecule has 16 heteroatoms. The van der Waals surface area contributed by atoms with Gasteiger partial charge < -0.3 is 33.8 Å². The first kappa shape index (κ1) is 48.6. The Morgan fingerprint density at radius 1 is 0.785 bits per heavy atom. The van der Waals surface area contributed by atoms with E-state index in [9.17, 15) is 23.2 Å². The number of halogens is 3. The predicted octanol–water partition coefficient (Wildman–Crippen LogP) is 11.2. The maximum atomic E-state index is 16.9. The van der Waals surface area contributed by atoms with Gasteiger partial charge in [-0.05, 0) is 105 Å². The summed E-state index contributed by atoms with van der Waals surface area (Å²) < 4.78 is 69.0. The SMILES string of the molecule is CC(C)(C)OC(=O)N1CCN(C(=O)Oc2ccc(C(Nc3ccc(F)cc3)C(CCC(O[Si](C)(C)C(C)(C)C)c3ccc(F)cc3)C(=O)N3C(=O)OCC3c3ccccc3)c(F)c2)CC1. The fraction of sp³-hybridized carbons (Fsp3) is 0.429. The molecule has 4 aromatic carbocycles. The highest BCUT2D eigenvalue weighted by Crippen LogP contribution is 2.43. The molecule has 2 aliphatic rings. The van der Waals surface area contributed by atoms with E-state index in [1.165, 1.54) is 58.3 Å². The molecule has 0 aliphatic carbocycles. The molecule has 2 aliphatic heterocycles. The summed E-state index contributed by atoms with van der Waals surface area (Å²) in [5.41, 5.74) is 0.997. The number of cyclic esters (lactones) is 1. The van der Waals surface area contributed by atoms with Gasteiger partial charge in [0, 0.05) is 43.5 Å². The first-order chi connectivity index (χ1) is 30.6. The largest absolute Gasteiger partial charge is 0.446 e. The summed E-state index contributed by atoms with van der Waals surface area (Å²) in [6.07, 6.45) is -2.53. The summed E-state index contributed by atoms with van der Waals surface area (Å²) in [4.78, 5) is 58.8. The van der Waals surface area contributed by atoms with Crippen LogP contribution in [0.2, 0.25) is 18.1 Å². The molecule has 1 N–H and O–H groups in total. The van der Waals surface area contributed by atoms with Crippen LogP contribution >= 0.6 is 0 Å². The molecule has 2 fully saturated rings. The smallest absolute Gasteiger partial charge is 0.417 e. The molecule has 6 rings (SSSR count). The molecule has 12 nitrogen and oxygen atoms in total. The number of rotatable bonds is 13. The third kappa shape index (κ3) is 12.3. The molecule has 4 unspecified atom stereocenters. The third-order valence-electron chi connectivity index (χ3n) is 12.1.